The summed E-state index contributed by atoms with van der Waals surface area (Å²) in [6.07, 6.45) is 1.70. The molecule has 1 unspecified atom stereocenters. The first kappa shape index (κ1) is 50.3. The van der Waals surface area contributed by atoms with Crippen LogP contribution in [0, 0.1) is 0 Å². The summed E-state index contributed by atoms with van der Waals surface area (Å²) in [7, 11) is -3.60. The summed E-state index contributed by atoms with van der Waals surface area (Å²) in [4.78, 5) is 80.5. The molecular formula is C47H53ClN7O12S2Si. The highest BCUT2D eigenvalue weighted by Crippen LogP contribution is 2.46. The van der Waals surface area contributed by atoms with Crippen molar-refractivity contribution in [2.24, 2.45) is 0 Å². The zero-order valence-corrected chi connectivity index (χ0v) is 42.0. The number of halogens is 1. The van der Waals surface area contributed by atoms with Crippen LogP contribution in [0.3, 0.4) is 0 Å². The van der Waals surface area contributed by atoms with E-state index in [1.54, 1.807) is 57.3 Å². The number of fused-ring (bicyclic) bond motifs is 1. The second-order valence-electron chi connectivity index (χ2n) is 18.2. The SMILES string of the molecule is COCCn1c(=O)n(C2CCC(=O)NC2=O)c2ccc(C3CCN(C(=O)Nc4cccc(CS(=O)(=O)N5CC[Si](Nc6cccc(-c7sc(C(=O)O)c(OCC(=O)O)c7Cl)c6)CC5(C)C)c4)CC3)cc21. The molecule has 3 fully saturated rings. The topological polar surface area (TPSA) is 248 Å². The number of nitrogens with zero attached hydrogens (tertiary/aromatic N) is 4. The van der Waals surface area contributed by atoms with Gasteiger partial charge in [0.25, 0.3) is 0 Å². The monoisotopic (exact) mass is 1030 g/mol. The first-order chi connectivity index (χ1) is 33.3. The van der Waals surface area contributed by atoms with Crippen LogP contribution in [-0.4, -0.2) is 121 Å². The summed E-state index contributed by atoms with van der Waals surface area (Å²) in [5, 5.41) is 24.1. The second-order valence-corrected chi connectivity index (χ2v) is 23.8. The van der Waals surface area contributed by atoms with E-state index in [1.165, 1.54) is 4.57 Å². The number of ether oxygens (including phenoxy) is 2. The number of imide groups is 1. The smallest absolute Gasteiger partial charge is 0.349 e. The third kappa shape index (κ3) is 10.8. The van der Waals surface area contributed by atoms with E-state index in [0.717, 1.165) is 22.6 Å². The van der Waals surface area contributed by atoms with Crippen molar-refractivity contribution >= 4 is 94.1 Å². The molecule has 5 N–H and O–H groups in total. The number of aliphatic carboxylic acids is 1. The van der Waals surface area contributed by atoms with Crippen LogP contribution in [0.25, 0.3) is 21.5 Å². The summed E-state index contributed by atoms with van der Waals surface area (Å²) < 4.78 is 43.3. The fourth-order valence-corrected chi connectivity index (χ4v) is 15.9. The molecule has 0 spiro atoms. The predicted molar refractivity (Wildman–Crippen MR) is 266 cm³/mol. The standard InChI is InChI=1S/C47H53ClN7O12S2Si/c1-47(2)27-70(51-33-9-5-7-31(23-33)41-39(48)40(67-25-38(57)58)42(68-41)44(60)61)21-19-54(47)69(64,65)26-28-6-4-8-32(22-28)49-45(62)52-16-14-29(15-17-52)30-10-11-34-36(24-30)53(18-20-66-3)46(63)55(34)35-12-13-37(56)50-43(35)59/h4-11,22-24,29,35,51H,12-21,25-27H2,1-3H3,(H,49,62)(H,57,58)(H,60,61)(H,50,56,59). The lowest BCUT2D eigenvalue weighted by Gasteiger charge is -2.44. The van der Waals surface area contributed by atoms with Gasteiger partial charge >= 0.3 is 23.7 Å². The number of benzene rings is 3. The average molecular weight is 1040 g/mol. The summed E-state index contributed by atoms with van der Waals surface area (Å²) in [5.74, 6) is -3.80. The molecule has 70 heavy (non-hydrogen) atoms. The summed E-state index contributed by atoms with van der Waals surface area (Å²) in [6, 6.07) is 20.0. The van der Waals surface area contributed by atoms with Crippen LogP contribution in [0.5, 0.6) is 5.75 Å². The lowest BCUT2D eigenvalue weighted by molar-refractivity contribution is -0.139. The molecule has 1 radical (unpaired) electrons. The van der Waals surface area contributed by atoms with Gasteiger partial charge < -0.3 is 34.9 Å². The number of piperidine rings is 2. The van der Waals surface area contributed by atoms with Crippen molar-refractivity contribution in [1.82, 2.24) is 23.7 Å². The number of hydrogen-bond donors (Lipinski definition) is 5. The van der Waals surface area contributed by atoms with Gasteiger partial charge in [0.1, 0.15) is 11.1 Å². The van der Waals surface area contributed by atoms with E-state index in [0.29, 0.717) is 77.3 Å². The first-order valence-corrected chi connectivity index (χ1v) is 27.4. The molecule has 4 amide bonds. The van der Waals surface area contributed by atoms with Crippen LogP contribution < -0.4 is 26.0 Å². The van der Waals surface area contributed by atoms with E-state index in [9.17, 15) is 42.3 Å². The lowest BCUT2D eigenvalue weighted by atomic mass is 9.89. The Bertz CT molecular complexity index is 3040. The largest absolute Gasteiger partial charge is 0.479 e. The van der Waals surface area contributed by atoms with E-state index in [2.05, 4.69) is 15.6 Å². The van der Waals surface area contributed by atoms with Crippen LogP contribution in [0.2, 0.25) is 17.1 Å². The summed E-state index contributed by atoms with van der Waals surface area (Å²) in [6.45, 7) is 4.86. The molecule has 23 heteroatoms. The predicted octanol–water partition coefficient (Wildman–Crippen LogP) is 6.41. The number of carbonyl (C=O) groups excluding carboxylic acids is 3. The molecule has 19 nitrogen and oxygen atoms in total. The Morgan fingerprint density at radius 3 is 2.40 bits per heavy atom. The van der Waals surface area contributed by atoms with Gasteiger partial charge in [-0.25, -0.2) is 27.6 Å². The van der Waals surface area contributed by atoms with Crippen LogP contribution >= 0.6 is 22.9 Å². The molecule has 371 valence electrons. The zero-order chi connectivity index (χ0) is 50.1. The Balaban J connectivity index is 0.869. The molecule has 5 aromatic rings. The maximum atomic E-state index is 14.1. The normalized spacial score (nSPS) is 18.2. The zero-order valence-electron chi connectivity index (χ0n) is 38.7. The third-order valence-electron chi connectivity index (χ3n) is 12.9. The van der Waals surface area contributed by atoms with E-state index >= 15 is 0 Å². The maximum Gasteiger partial charge on any atom is 0.349 e. The molecule has 0 bridgehead atoms. The van der Waals surface area contributed by atoms with E-state index in [-0.39, 0.29) is 70.9 Å². The molecular weight excluding hydrogens is 982 g/mol. The number of likely N-dealkylation sites (tertiary alicyclic amines) is 1. The summed E-state index contributed by atoms with van der Waals surface area (Å²) >= 11 is 7.42. The van der Waals surface area contributed by atoms with Crippen molar-refractivity contribution < 1.29 is 52.1 Å². The number of sulfonamides is 1. The number of anilines is 2. The van der Waals surface area contributed by atoms with Crippen molar-refractivity contribution in [3.05, 3.63) is 98.2 Å². The van der Waals surface area contributed by atoms with Crippen LogP contribution in [-0.2, 0) is 41.4 Å². The Hall–Kier alpha value is -6.04. The number of thiophene rings is 1. The molecule has 3 aliphatic heterocycles. The van der Waals surface area contributed by atoms with Gasteiger partial charge in [0.2, 0.25) is 21.8 Å². The lowest BCUT2D eigenvalue weighted by Crippen LogP contribution is -2.56. The molecule has 0 aliphatic carbocycles. The number of carboxylic acids is 2. The first-order valence-electron chi connectivity index (χ1n) is 22.7. The highest BCUT2D eigenvalue weighted by molar-refractivity contribution is 7.88. The van der Waals surface area contributed by atoms with Crippen LogP contribution in [0.1, 0.15) is 72.3 Å². The van der Waals surface area contributed by atoms with Crippen LogP contribution in [0.15, 0.2) is 71.5 Å². The number of rotatable bonds is 16. The molecule has 5 heterocycles. The minimum Gasteiger partial charge on any atom is -0.479 e. The number of urea groups is 1. The molecule has 1 atom stereocenters. The Morgan fingerprint density at radius 2 is 1.70 bits per heavy atom. The van der Waals surface area contributed by atoms with Crippen molar-refractivity contribution in [3.63, 3.8) is 0 Å². The number of carboxylic acid groups (broad SMARTS) is 2. The Labute approximate surface area is 414 Å². The number of aromatic nitrogens is 2. The number of carbonyl (C=O) groups is 5. The number of aromatic carboxylic acids is 1. The third-order valence-corrected chi connectivity index (χ3v) is 19.4. The van der Waals surface area contributed by atoms with Gasteiger partial charge in [-0.2, -0.15) is 4.31 Å². The minimum atomic E-state index is -3.81. The van der Waals surface area contributed by atoms with Crippen molar-refractivity contribution in [3.8, 4) is 16.2 Å². The van der Waals surface area contributed by atoms with E-state index in [4.69, 9.17) is 26.2 Å². The van der Waals surface area contributed by atoms with Crippen molar-refractivity contribution in [2.75, 3.05) is 50.3 Å². The van der Waals surface area contributed by atoms with Crippen molar-refractivity contribution in [1.29, 1.82) is 0 Å². The molecule has 2 aromatic heterocycles. The number of methoxy groups -OCH3 is 1. The van der Waals surface area contributed by atoms with Crippen LogP contribution in [0.4, 0.5) is 16.2 Å². The minimum absolute atomic E-state index is 0.00309. The number of hydrogen-bond acceptors (Lipinski definition) is 12. The second kappa shape index (κ2) is 20.7. The number of imidazole rings is 1. The fraction of sp³-hybridized carbons (Fsp3) is 0.404. The van der Waals surface area contributed by atoms with Gasteiger partial charge in [-0.3, -0.25) is 24.0 Å². The molecule has 3 aliphatic rings. The average Bonchev–Trinajstić information content (AvgIpc) is 3.78. The molecule has 3 saturated heterocycles. The molecule has 8 rings (SSSR count). The Kier molecular flexibility index (Phi) is 14.9. The number of amides is 4. The highest BCUT2D eigenvalue weighted by atomic mass is 35.5. The highest BCUT2D eigenvalue weighted by Gasteiger charge is 2.43. The fourth-order valence-electron chi connectivity index (χ4n) is 9.61. The molecule has 3 aromatic carbocycles. The number of nitrogens with one attached hydrogen (secondary N) is 3. The summed E-state index contributed by atoms with van der Waals surface area (Å²) in [5.41, 5.74) is 3.56. The Morgan fingerprint density at radius 1 is 0.957 bits per heavy atom. The quantitative estimate of drug-likeness (QED) is 0.0530. The van der Waals surface area contributed by atoms with Gasteiger partial charge in [0.15, 0.2) is 26.2 Å². The molecule has 0 saturated carbocycles. The van der Waals surface area contributed by atoms with E-state index in [1.807, 2.05) is 44.2 Å². The maximum absolute atomic E-state index is 14.1. The van der Waals surface area contributed by atoms with E-state index < -0.39 is 55.0 Å². The van der Waals surface area contributed by atoms with Gasteiger partial charge in [0, 0.05) is 50.1 Å². The van der Waals surface area contributed by atoms with Gasteiger partial charge in [-0.15, -0.1) is 11.3 Å². The van der Waals surface area contributed by atoms with Crippen molar-refractivity contribution in [2.45, 2.75) is 81.4 Å². The van der Waals surface area contributed by atoms with Gasteiger partial charge in [-0.05, 0) is 104 Å². The van der Waals surface area contributed by atoms with Gasteiger partial charge in [0.05, 0.1) is 34.8 Å². The van der Waals surface area contributed by atoms with Gasteiger partial charge in [-0.1, -0.05) is 41.9 Å².